The number of hydrogen-bond donors (Lipinski definition) is 0. The van der Waals surface area contributed by atoms with E-state index in [0.29, 0.717) is 12.2 Å². The van der Waals surface area contributed by atoms with E-state index >= 15 is 0 Å². The molecule has 0 spiro atoms. The number of benzene rings is 1. The first kappa shape index (κ1) is 15.7. The molecule has 0 amide bonds. The maximum absolute atomic E-state index is 6.39. The van der Waals surface area contributed by atoms with Crippen LogP contribution in [0.1, 0.15) is 49.8 Å². The van der Waals surface area contributed by atoms with Gasteiger partial charge in [0.15, 0.2) is 0 Å². The SMILES string of the molecule is CCCOc1cc(C)c(Cl)c(C)c1CCC1OC1CC. The zero-order valence-corrected chi connectivity index (χ0v) is 13.7. The number of halogens is 1. The Bertz CT molecular complexity index is 471. The van der Waals surface area contributed by atoms with Crippen molar-refractivity contribution >= 4 is 11.6 Å². The smallest absolute Gasteiger partial charge is 0.123 e. The Morgan fingerprint density at radius 1 is 1.25 bits per heavy atom. The second-order valence-electron chi connectivity index (χ2n) is 5.62. The van der Waals surface area contributed by atoms with Gasteiger partial charge in [-0.2, -0.15) is 0 Å². The first-order valence-electron chi connectivity index (χ1n) is 7.65. The molecule has 0 saturated carbocycles. The Kier molecular flexibility index (Phi) is 5.34. The van der Waals surface area contributed by atoms with Gasteiger partial charge in [0.2, 0.25) is 0 Å². The minimum atomic E-state index is 0.429. The van der Waals surface area contributed by atoms with Crippen LogP contribution in [0.25, 0.3) is 0 Å². The molecular formula is C17H25ClO2. The molecule has 1 fully saturated rings. The largest absolute Gasteiger partial charge is 0.493 e. The van der Waals surface area contributed by atoms with Gasteiger partial charge in [0.25, 0.3) is 0 Å². The summed E-state index contributed by atoms with van der Waals surface area (Å²) in [5.74, 6) is 1.000. The van der Waals surface area contributed by atoms with Crippen LogP contribution < -0.4 is 4.74 Å². The van der Waals surface area contributed by atoms with Crippen molar-refractivity contribution in [3.8, 4) is 5.75 Å². The highest BCUT2D eigenvalue weighted by molar-refractivity contribution is 6.32. The van der Waals surface area contributed by atoms with Gasteiger partial charge in [0, 0.05) is 5.02 Å². The third-order valence-corrected chi connectivity index (χ3v) is 4.59. The van der Waals surface area contributed by atoms with Crippen LogP contribution in [0.2, 0.25) is 5.02 Å². The Labute approximate surface area is 127 Å². The van der Waals surface area contributed by atoms with Gasteiger partial charge in [-0.25, -0.2) is 0 Å². The molecule has 2 unspecified atom stereocenters. The van der Waals surface area contributed by atoms with Crippen LogP contribution >= 0.6 is 11.6 Å². The van der Waals surface area contributed by atoms with Crippen LogP contribution in [-0.2, 0) is 11.2 Å². The van der Waals surface area contributed by atoms with Crippen molar-refractivity contribution in [2.24, 2.45) is 0 Å². The molecule has 3 heteroatoms. The zero-order valence-electron chi connectivity index (χ0n) is 13.0. The van der Waals surface area contributed by atoms with Crippen molar-refractivity contribution in [1.29, 1.82) is 0 Å². The van der Waals surface area contributed by atoms with Crippen LogP contribution in [0.5, 0.6) is 5.75 Å². The average Bonchev–Trinajstić information content (AvgIpc) is 3.20. The summed E-state index contributed by atoms with van der Waals surface area (Å²) in [7, 11) is 0. The number of epoxide rings is 1. The summed E-state index contributed by atoms with van der Waals surface area (Å²) in [5, 5.41) is 0.868. The lowest BCUT2D eigenvalue weighted by Gasteiger charge is -2.16. The number of hydrogen-bond acceptors (Lipinski definition) is 2. The fourth-order valence-electron chi connectivity index (χ4n) is 2.69. The highest BCUT2D eigenvalue weighted by atomic mass is 35.5. The summed E-state index contributed by atoms with van der Waals surface area (Å²) in [5.41, 5.74) is 3.50. The van der Waals surface area contributed by atoms with Gasteiger partial charge < -0.3 is 9.47 Å². The van der Waals surface area contributed by atoms with E-state index in [1.165, 1.54) is 5.56 Å². The zero-order chi connectivity index (χ0) is 14.7. The summed E-state index contributed by atoms with van der Waals surface area (Å²) < 4.78 is 11.5. The second kappa shape index (κ2) is 6.82. The normalized spacial score (nSPS) is 21.1. The van der Waals surface area contributed by atoms with Crippen molar-refractivity contribution in [1.82, 2.24) is 0 Å². The first-order valence-corrected chi connectivity index (χ1v) is 8.03. The van der Waals surface area contributed by atoms with E-state index in [4.69, 9.17) is 21.1 Å². The van der Waals surface area contributed by atoms with Crippen molar-refractivity contribution < 1.29 is 9.47 Å². The van der Waals surface area contributed by atoms with Gasteiger partial charge in [-0.3, -0.25) is 0 Å². The predicted molar refractivity (Wildman–Crippen MR) is 84.0 cm³/mol. The monoisotopic (exact) mass is 296 g/mol. The van der Waals surface area contributed by atoms with E-state index in [-0.39, 0.29) is 0 Å². The molecule has 1 aromatic carbocycles. The van der Waals surface area contributed by atoms with E-state index in [0.717, 1.165) is 54.2 Å². The molecule has 0 aliphatic carbocycles. The van der Waals surface area contributed by atoms with Gasteiger partial charge in [-0.05, 0) is 62.3 Å². The molecule has 0 radical (unpaired) electrons. The van der Waals surface area contributed by atoms with E-state index in [1.54, 1.807) is 0 Å². The molecule has 1 aliphatic rings. The molecule has 0 bridgehead atoms. The van der Waals surface area contributed by atoms with E-state index in [9.17, 15) is 0 Å². The standard InChI is InChI=1S/C17H25ClO2/c1-5-9-19-16-10-11(3)17(18)12(4)13(16)7-8-15-14(6-2)20-15/h10,14-15H,5-9H2,1-4H3. The molecule has 112 valence electrons. The lowest BCUT2D eigenvalue weighted by molar-refractivity contribution is 0.312. The van der Waals surface area contributed by atoms with Gasteiger partial charge in [-0.1, -0.05) is 25.4 Å². The van der Waals surface area contributed by atoms with Crippen molar-refractivity contribution in [3.63, 3.8) is 0 Å². The molecule has 0 N–H and O–H groups in total. The quantitative estimate of drug-likeness (QED) is 0.671. The summed E-state index contributed by atoms with van der Waals surface area (Å²) >= 11 is 6.39. The molecule has 2 rings (SSSR count). The minimum absolute atomic E-state index is 0.429. The Morgan fingerprint density at radius 3 is 2.60 bits per heavy atom. The first-order chi connectivity index (χ1) is 9.58. The van der Waals surface area contributed by atoms with Crippen molar-refractivity contribution in [2.45, 2.75) is 65.6 Å². The fraction of sp³-hybridized carbons (Fsp3) is 0.647. The van der Waals surface area contributed by atoms with Crippen LogP contribution in [0.3, 0.4) is 0 Å². The van der Waals surface area contributed by atoms with Gasteiger partial charge in [-0.15, -0.1) is 0 Å². The van der Waals surface area contributed by atoms with E-state index in [2.05, 4.69) is 26.8 Å². The lowest BCUT2D eigenvalue weighted by Crippen LogP contribution is -2.04. The van der Waals surface area contributed by atoms with Gasteiger partial charge >= 0.3 is 0 Å². The maximum atomic E-state index is 6.39. The third kappa shape index (κ3) is 3.48. The highest BCUT2D eigenvalue weighted by Crippen LogP contribution is 2.35. The van der Waals surface area contributed by atoms with Crippen LogP contribution in [0.4, 0.5) is 0 Å². The molecular weight excluding hydrogens is 272 g/mol. The molecule has 1 heterocycles. The Hall–Kier alpha value is -0.730. The van der Waals surface area contributed by atoms with E-state index < -0.39 is 0 Å². The van der Waals surface area contributed by atoms with Crippen LogP contribution in [0.15, 0.2) is 6.07 Å². The molecule has 1 aromatic rings. The topological polar surface area (TPSA) is 21.8 Å². The second-order valence-corrected chi connectivity index (χ2v) is 6.00. The highest BCUT2D eigenvalue weighted by Gasteiger charge is 2.36. The summed E-state index contributed by atoms with van der Waals surface area (Å²) in [4.78, 5) is 0. The minimum Gasteiger partial charge on any atom is -0.493 e. The Balaban J connectivity index is 2.13. The number of ether oxygens (including phenoxy) is 2. The van der Waals surface area contributed by atoms with Crippen molar-refractivity contribution in [3.05, 3.63) is 27.8 Å². The van der Waals surface area contributed by atoms with Gasteiger partial charge in [0.1, 0.15) is 5.75 Å². The number of rotatable bonds is 7. The lowest BCUT2D eigenvalue weighted by atomic mass is 9.98. The average molecular weight is 297 g/mol. The Morgan fingerprint density at radius 2 is 2.00 bits per heavy atom. The number of aryl methyl sites for hydroxylation is 1. The third-order valence-electron chi connectivity index (χ3n) is 4.00. The van der Waals surface area contributed by atoms with Gasteiger partial charge in [0.05, 0.1) is 18.8 Å². The molecule has 2 nitrogen and oxygen atoms in total. The van der Waals surface area contributed by atoms with Crippen molar-refractivity contribution in [2.75, 3.05) is 6.61 Å². The molecule has 20 heavy (non-hydrogen) atoms. The maximum Gasteiger partial charge on any atom is 0.123 e. The van der Waals surface area contributed by atoms with Crippen LogP contribution in [-0.4, -0.2) is 18.8 Å². The molecule has 2 atom stereocenters. The predicted octanol–water partition coefficient (Wildman–Crippen LogP) is 4.86. The summed E-state index contributed by atoms with van der Waals surface area (Å²) in [6.07, 6.45) is 5.06. The summed E-state index contributed by atoms with van der Waals surface area (Å²) in [6, 6.07) is 2.07. The molecule has 0 aromatic heterocycles. The molecule has 1 saturated heterocycles. The molecule has 1 aliphatic heterocycles. The summed E-state index contributed by atoms with van der Waals surface area (Å²) in [6.45, 7) is 9.18. The fourth-order valence-corrected chi connectivity index (χ4v) is 2.86. The van der Waals surface area contributed by atoms with Crippen LogP contribution in [0, 0.1) is 13.8 Å². The van der Waals surface area contributed by atoms with E-state index in [1.807, 2.05) is 6.92 Å².